The van der Waals surface area contributed by atoms with Gasteiger partial charge in [-0.1, -0.05) is 0 Å². The number of H-pyrrole nitrogens is 1. The molecule has 174 valence electrons. The highest BCUT2D eigenvalue weighted by Gasteiger charge is 2.23. The zero-order valence-electron chi connectivity index (χ0n) is 19.0. The number of rotatable bonds is 4. The van der Waals surface area contributed by atoms with Crippen molar-refractivity contribution >= 4 is 49.7 Å². The lowest BCUT2D eigenvalue weighted by Crippen LogP contribution is -2.35. The Kier molecular flexibility index (Phi) is 4.74. The van der Waals surface area contributed by atoms with Gasteiger partial charge >= 0.3 is 0 Å². The molecule has 1 saturated heterocycles. The lowest BCUT2D eigenvalue weighted by atomic mass is 10.2. The van der Waals surface area contributed by atoms with E-state index in [1.807, 2.05) is 13.1 Å². The lowest BCUT2D eigenvalue weighted by Gasteiger charge is -2.20. The van der Waals surface area contributed by atoms with E-state index >= 15 is 0 Å². The molecule has 1 fully saturated rings. The van der Waals surface area contributed by atoms with E-state index in [9.17, 15) is 9.59 Å². The van der Waals surface area contributed by atoms with Crippen LogP contribution < -0.4 is 10.9 Å². The number of hydrogen-bond donors (Lipinski definition) is 2. The molecule has 5 aromatic rings. The highest BCUT2D eigenvalue weighted by molar-refractivity contribution is 7.21. The van der Waals surface area contributed by atoms with Crippen LogP contribution in [0.3, 0.4) is 0 Å². The van der Waals surface area contributed by atoms with Crippen molar-refractivity contribution in [3.8, 4) is 10.6 Å². The first-order chi connectivity index (χ1) is 16.4. The number of aryl methyl sites for hydroxylation is 2. The Morgan fingerprint density at radius 3 is 2.88 bits per heavy atom. The molecule has 34 heavy (non-hydrogen) atoms. The summed E-state index contributed by atoms with van der Waals surface area (Å²) in [7, 11) is 1.77. The minimum atomic E-state index is -0.252. The molecule has 1 amide bonds. The summed E-state index contributed by atoms with van der Waals surface area (Å²) < 4.78 is 1.70. The van der Waals surface area contributed by atoms with Crippen LogP contribution in [0.5, 0.6) is 0 Å². The summed E-state index contributed by atoms with van der Waals surface area (Å²) in [6, 6.07) is 2.15. The molecule has 0 aromatic carbocycles. The van der Waals surface area contributed by atoms with E-state index < -0.39 is 0 Å². The van der Waals surface area contributed by atoms with Crippen LogP contribution in [-0.4, -0.2) is 64.5 Å². The van der Waals surface area contributed by atoms with Gasteiger partial charge in [0.05, 0.1) is 34.5 Å². The van der Waals surface area contributed by atoms with Gasteiger partial charge < -0.3 is 10.3 Å². The molecule has 1 aliphatic heterocycles. The van der Waals surface area contributed by atoms with E-state index in [2.05, 4.69) is 42.4 Å². The van der Waals surface area contributed by atoms with Crippen LogP contribution in [0.15, 0.2) is 23.3 Å². The van der Waals surface area contributed by atoms with Crippen LogP contribution in [0.1, 0.15) is 25.5 Å². The normalized spacial score (nSPS) is 16.9. The van der Waals surface area contributed by atoms with Crippen LogP contribution in [0.4, 0.5) is 5.69 Å². The number of fused-ring (bicyclic) bond motifs is 5. The average molecular weight is 478 g/mol. The van der Waals surface area contributed by atoms with Gasteiger partial charge in [0.2, 0.25) is 5.91 Å². The van der Waals surface area contributed by atoms with E-state index in [4.69, 9.17) is 0 Å². The highest BCUT2D eigenvalue weighted by atomic mass is 32.1. The number of pyridine rings is 2. The largest absolute Gasteiger partial charge is 0.324 e. The van der Waals surface area contributed by atoms with Crippen LogP contribution in [-0.2, 0) is 11.8 Å². The molecule has 6 rings (SSSR count). The summed E-state index contributed by atoms with van der Waals surface area (Å²) in [4.78, 5) is 38.3. The number of thiazole rings is 1. The molecule has 0 saturated carbocycles. The predicted octanol–water partition coefficient (Wildman–Crippen LogP) is 2.31. The number of aromatic nitrogens is 7. The number of aromatic amines is 1. The van der Waals surface area contributed by atoms with Crippen LogP contribution >= 0.6 is 11.3 Å². The molecule has 0 radical (unpaired) electrons. The zero-order chi connectivity index (χ0) is 23.6. The second-order valence-electron chi connectivity index (χ2n) is 8.78. The molecule has 1 aliphatic rings. The van der Waals surface area contributed by atoms with Gasteiger partial charge in [-0.2, -0.15) is 20.1 Å². The van der Waals surface area contributed by atoms with Gasteiger partial charge in [0, 0.05) is 19.3 Å². The van der Waals surface area contributed by atoms with E-state index in [-0.39, 0.29) is 11.5 Å². The first kappa shape index (κ1) is 20.9. The molecular weight excluding hydrogens is 454 g/mol. The topological polar surface area (TPSA) is 126 Å². The molecule has 1 atom stereocenters. The lowest BCUT2D eigenvalue weighted by molar-refractivity contribution is -0.117. The SMILES string of the molecule is Cc1nn(C)nc1-c1cn2nc3c4ncc(NC(=O)CN5CCC[C@H]5C)cc4[nH]c(=O)c3c2s1. The van der Waals surface area contributed by atoms with E-state index in [0.717, 1.165) is 40.5 Å². The first-order valence-corrected chi connectivity index (χ1v) is 11.9. The average Bonchev–Trinajstić information content (AvgIpc) is 3.52. The zero-order valence-corrected chi connectivity index (χ0v) is 19.8. The number of nitrogens with zero attached hydrogens (tertiary/aromatic N) is 7. The van der Waals surface area contributed by atoms with Gasteiger partial charge in [0.15, 0.2) is 0 Å². The second kappa shape index (κ2) is 7.71. The fraction of sp³-hybridized carbons (Fsp3) is 0.364. The first-order valence-electron chi connectivity index (χ1n) is 11.1. The third-order valence-electron chi connectivity index (χ3n) is 6.34. The molecule has 0 bridgehead atoms. The molecule has 2 N–H and O–H groups in total. The van der Waals surface area contributed by atoms with Crippen LogP contribution in [0, 0.1) is 6.92 Å². The molecule has 5 aromatic heterocycles. The molecule has 11 nitrogen and oxygen atoms in total. The number of anilines is 1. The van der Waals surface area contributed by atoms with E-state index in [0.29, 0.717) is 40.2 Å². The third kappa shape index (κ3) is 3.37. The van der Waals surface area contributed by atoms with Crippen LogP contribution in [0.25, 0.3) is 37.3 Å². The summed E-state index contributed by atoms with van der Waals surface area (Å²) >= 11 is 1.44. The summed E-state index contributed by atoms with van der Waals surface area (Å²) in [5, 5.41) is 16.7. The Balaban J connectivity index is 1.36. The molecule has 6 heterocycles. The monoisotopic (exact) mass is 477 g/mol. The standard InChI is InChI=1S/C22H23N9O2S/c1-11-5-4-6-30(11)10-16(32)24-13-7-14-19(23-8-13)20-17(21(33)25-14)22-31(28-20)9-15(34-22)18-12(2)26-29(3)27-18/h7-9,11H,4-6,10H2,1-3H3,(H,24,32)(H,25,33)/t11-/m1/s1. The maximum atomic E-state index is 13.0. The van der Waals surface area contributed by atoms with Crippen molar-refractivity contribution in [2.24, 2.45) is 7.05 Å². The van der Waals surface area contributed by atoms with Gasteiger partial charge in [-0.05, 0) is 39.3 Å². The van der Waals surface area contributed by atoms with Crippen molar-refractivity contribution in [2.75, 3.05) is 18.4 Å². The highest BCUT2D eigenvalue weighted by Crippen LogP contribution is 2.33. The van der Waals surface area contributed by atoms with Crippen molar-refractivity contribution < 1.29 is 4.79 Å². The minimum Gasteiger partial charge on any atom is -0.324 e. The van der Waals surface area contributed by atoms with Crippen LogP contribution in [0.2, 0.25) is 0 Å². The summed E-state index contributed by atoms with van der Waals surface area (Å²) in [6.45, 7) is 5.32. The molecule has 0 unspecified atom stereocenters. The Morgan fingerprint density at radius 1 is 1.29 bits per heavy atom. The Hall–Kier alpha value is -3.64. The van der Waals surface area contributed by atoms with Crippen molar-refractivity contribution in [2.45, 2.75) is 32.7 Å². The quantitative estimate of drug-likeness (QED) is 0.407. The summed E-state index contributed by atoms with van der Waals surface area (Å²) in [5.41, 5.74) is 3.50. The predicted molar refractivity (Wildman–Crippen MR) is 130 cm³/mol. The maximum absolute atomic E-state index is 13.0. The number of likely N-dealkylation sites (tertiary alicyclic amines) is 1. The van der Waals surface area contributed by atoms with Crippen molar-refractivity contribution in [1.29, 1.82) is 0 Å². The van der Waals surface area contributed by atoms with Crippen molar-refractivity contribution in [1.82, 2.24) is 39.5 Å². The van der Waals surface area contributed by atoms with Gasteiger partial charge in [0.1, 0.15) is 26.9 Å². The Labute approximate surface area is 197 Å². The van der Waals surface area contributed by atoms with Gasteiger partial charge in [-0.3, -0.25) is 19.5 Å². The summed E-state index contributed by atoms with van der Waals surface area (Å²) in [5.74, 6) is -0.0901. The molecule has 0 aliphatic carbocycles. The van der Waals surface area contributed by atoms with E-state index in [1.165, 1.54) is 16.1 Å². The summed E-state index contributed by atoms with van der Waals surface area (Å²) in [6.07, 6.45) is 5.69. The Bertz CT molecular complexity index is 1640. The maximum Gasteiger partial charge on any atom is 0.261 e. The van der Waals surface area contributed by atoms with Crippen molar-refractivity contribution in [3.05, 3.63) is 34.5 Å². The Morgan fingerprint density at radius 2 is 2.15 bits per heavy atom. The van der Waals surface area contributed by atoms with Gasteiger partial charge in [0.25, 0.3) is 5.56 Å². The number of nitrogens with one attached hydrogen (secondary N) is 2. The fourth-order valence-corrected chi connectivity index (χ4v) is 5.80. The number of carbonyl (C=O) groups is 1. The number of carbonyl (C=O) groups excluding carboxylic acids is 1. The smallest absolute Gasteiger partial charge is 0.261 e. The fourth-order valence-electron chi connectivity index (χ4n) is 4.67. The number of amides is 1. The van der Waals surface area contributed by atoms with Gasteiger partial charge in [-0.25, -0.2) is 4.52 Å². The molecular formula is C22H23N9O2S. The minimum absolute atomic E-state index is 0.0901. The van der Waals surface area contributed by atoms with E-state index in [1.54, 1.807) is 23.8 Å². The second-order valence-corrected chi connectivity index (χ2v) is 9.81. The third-order valence-corrected chi connectivity index (χ3v) is 7.44. The number of hydrogen-bond acceptors (Lipinski definition) is 8. The molecule has 12 heteroatoms. The molecule has 0 spiro atoms. The van der Waals surface area contributed by atoms with Crippen molar-refractivity contribution in [3.63, 3.8) is 0 Å². The van der Waals surface area contributed by atoms with Gasteiger partial charge in [-0.15, -0.1) is 11.3 Å².